The van der Waals surface area contributed by atoms with Crippen molar-refractivity contribution in [3.8, 4) is 5.69 Å². The highest BCUT2D eigenvalue weighted by molar-refractivity contribution is 7.99. The van der Waals surface area contributed by atoms with Crippen LogP contribution in [0.1, 0.15) is 26.3 Å². The predicted molar refractivity (Wildman–Crippen MR) is 82.5 cm³/mol. The molecule has 0 radical (unpaired) electrons. The molecule has 0 aliphatic carbocycles. The van der Waals surface area contributed by atoms with Crippen LogP contribution in [0.2, 0.25) is 0 Å². The minimum absolute atomic E-state index is 0.0201. The van der Waals surface area contributed by atoms with E-state index in [2.05, 4.69) is 33.8 Å². The number of aromatic nitrogens is 4. The van der Waals surface area contributed by atoms with Crippen LogP contribution in [-0.2, 0) is 11.2 Å². The van der Waals surface area contributed by atoms with Gasteiger partial charge >= 0.3 is 0 Å². The van der Waals surface area contributed by atoms with Gasteiger partial charge in [-0.1, -0.05) is 36.9 Å². The topological polar surface area (TPSA) is 72.7 Å². The van der Waals surface area contributed by atoms with E-state index in [1.165, 1.54) is 17.3 Å². The molecule has 0 saturated heterocycles. The average molecular weight is 305 g/mol. The minimum Gasteiger partial charge on any atom is -0.353 e. The number of carbonyl (C=O) groups is 1. The first-order chi connectivity index (χ1) is 10.1. The van der Waals surface area contributed by atoms with Crippen LogP contribution in [-0.4, -0.2) is 37.9 Å². The summed E-state index contributed by atoms with van der Waals surface area (Å²) in [6, 6.07) is 8.12. The maximum atomic E-state index is 11.7. The summed E-state index contributed by atoms with van der Waals surface area (Å²) in [4.78, 5) is 11.7. The van der Waals surface area contributed by atoms with E-state index in [0.29, 0.717) is 10.9 Å². The molecule has 2 aromatic rings. The number of benzene rings is 1. The second kappa shape index (κ2) is 7.21. The van der Waals surface area contributed by atoms with Crippen LogP contribution in [0.25, 0.3) is 5.69 Å². The van der Waals surface area contributed by atoms with Gasteiger partial charge in [0.2, 0.25) is 11.1 Å². The molecule has 0 saturated carbocycles. The quantitative estimate of drug-likeness (QED) is 0.824. The Morgan fingerprint density at radius 2 is 2.14 bits per heavy atom. The molecular weight excluding hydrogens is 286 g/mol. The summed E-state index contributed by atoms with van der Waals surface area (Å²) in [5.74, 6) is 0.278. The van der Waals surface area contributed by atoms with Crippen LogP contribution in [0.4, 0.5) is 0 Å². The lowest BCUT2D eigenvalue weighted by Gasteiger charge is -2.09. The molecule has 0 unspecified atom stereocenters. The zero-order valence-corrected chi connectivity index (χ0v) is 13.2. The third-order valence-corrected chi connectivity index (χ3v) is 3.74. The molecule has 112 valence electrons. The molecule has 1 aromatic heterocycles. The number of carbonyl (C=O) groups excluding carboxylic acids is 1. The molecule has 0 spiro atoms. The lowest BCUT2D eigenvalue weighted by Crippen LogP contribution is -2.31. The molecule has 1 heterocycles. The fourth-order valence-corrected chi connectivity index (χ4v) is 2.63. The Morgan fingerprint density at radius 1 is 1.38 bits per heavy atom. The zero-order chi connectivity index (χ0) is 15.2. The molecule has 1 N–H and O–H groups in total. The van der Waals surface area contributed by atoms with Gasteiger partial charge in [0.25, 0.3) is 0 Å². The van der Waals surface area contributed by atoms with Crippen molar-refractivity contribution in [1.29, 1.82) is 0 Å². The lowest BCUT2D eigenvalue weighted by atomic mass is 10.1. The highest BCUT2D eigenvalue weighted by Gasteiger charge is 2.13. The first-order valence-corrected chi connectivity index (χ1v) is 7.89. The average Bonchev–Trinajstić information content (AvgIpc) is 2.92. The highest BCUT2D eigenvalue weighted by Crippen LogP contribution is 2.21. The number of hydrogen-bond acceptors (Lipinski definition) is 5. The van der Waals surface area contributed by atoms with Gasteiger partial charge in [0.1, 0.15) is 0 Å². The lowest BCUT2D eigenvalue weighted by molar-refractivity contribution is -0.119. The Morgan fingerprint density at radius 3 is 2.86 bits per heavy atom. The number of nitrogens with one attached hydrogen (secondary N) is 1. The second-order valence-electron chi connectivity index (χ2n) is 4.87. The number of tetrazole rings is 1. The van der Waals surface area contributed by atoms with E-state index < -0.39 is 0 Å². The zero-order valence-electron chi connectivity index (χ0n) is 12.4. The van der Waals surface area contributed by atoms with Gasteiger partial charge in [-0.3, -0.25) is 4.79 Å². The van der Waals surface area contributed by atoms with Crippen LogP contribution in [0, 0.1) is 0 Å². The van der Waals surface area contributed by atoms with Crippen molar-refractivity contribution in [1.82, 2.24) is 25.5 Å². The van der Waals surface area contributed by atoms with Gasteiger partial charge in [0.15, 0.2) is 0 Å². The molecule has 1 amide bonds. The molecule has 1 aromatic carbocycles. The van der Waals surface area contributed by atoms with Crippen LogP contribution < -0.4 is 5.32 Å². The van der Waals surface area contributed by atoms with Crippen molar-refractivity contribution in [2.45, 2.75) is 38.4 Å². The summed E-state index contributed by atoms with van der Waals surface area (Å²) in [6.45, 7) is 5.96. The van der Waals surface area contributed by atoms with Gasteiger partial charge in [0.05, 0.1) is 11.4 Å². The molecule has 7 heteroatoms. The Kier molecular flexibility index (Phi) is 5.32. The molecule has 0 aliphatic heterocycles. The maximum absolute atomic E-state index is 11.7. The molecule has 2 rings (SSSR count). The summed E-state index contributed by atoms with van der Waals surface area (Å²) in [6.07, 6.45) is 0.897. The number of nitrogens with zero attached hydrogens (tertiary/aromatic N) is 4. The van der Waals surface area contributed by atoms with Gasteiger partial charge in [-0.2, -0.15) is 4.68 Å². The number of hydrogen-bond donors (Lipinski definition) is 1. The normalized spacial score (nSPS) is 10.9. The summed E-state index contributed by atoms with van der Waals surface area (Å²) in [5.41, 5.74) is 2.12. The monoisotopic (exact) mass is 305 g/mol. The minimum atomic E-state index is -0.0201. The molecule has 21 heavy (non-hydrogen) atoms. The van der Waals surface area contributed by atoms with Gasteiger partial charge in [0, 0.05) is 6.04 Å². The van der Waals surface area contributed by atoms with E-state index in [1.807, 2.05) is 32.0 Å². The van der Waals surface area contributed by atoms with Crippen LogP contribution in [0.15, 0.2) is 29.4 Å². The number of thioether (sulfide) groups is 1. The standard InChI is InChI=1S/C14H19N5OS/c1-4-11-7-5-6-8-12(11)19-14(16-17-18-19)21-9-13(20)15-10(2)3/h5-8,10H,4,9H2,1-3H3,(H,15,20). The Labute approximate surface area is 128 Å². The van der Waals surface area contributed by atoms with Crippen molar-refractivity contribution in [3.05, 3.63) is 29.8 Å². The smallest absolute Gasteiger partial charge is 0.230 e. The molecule has 0 aliphatic rings. The maximum Gasteiger partial charge on any atom is 0.230 e. The third kappa shape index (κ3) is 4.04. The highest BCUT2D eigenvalue weighted by atomic mass is 32.2. The van der Waals surface area contributed by atoms with Gasteiger partial charge in [-0.05, 0) is 42.3 Å². The van der Waals surface area contributed by atoms with Crippen molar-refractivity contribution < 1.29 is 4.79 Å². The van der Waals surface area contributed by atoms with E-state index >= 15 is 0 Å². The van der Waals surface area contributed by atoms with E-state index in [1.54, 1.807) is 4.68 Å². The molecule has 0 fully saturated rings. The predicted octanol–water partition coefficient (Wildman–Crippen LogP) is 1.84. The van der Waals surface area contributed by atoms with E-state index in [-0.39, 0.29) is 11.9 Å². The number of aryl methyl sites for hydroxylation is 1. The molecule has 6 nitrogen and oxygen atoms in total. The van der Waals surface area contributed by atoms with Crippen molar-refractivity contribution >= 4 is 17.7 Å². The summed E-state index contributed by atoms with van der Waals surface area (Å²) < 4.78 is 1.69. The second-order valence-corrected chi connectivity index (χ2v) is 5.81. The molecular formula is C14H19N5OS. The number of para-hydroxylation sites is 1. The summed E-state index contributed by atoms with van der Waals surface area (Å²) in [7, 11) is 0. The number of rotatable bonds is 6. The Hall–Kier alpha value is -1.89. The van der Waals surface area contributed by atoms with Gasteiger partial charge in [-0.25, -0.2) is 0 Å². The Balaban J connectivity index is 2.14. The van der Waals surface area contributed by atoms with Crippen LogP contribution in [0.3, 0.4) is 0 Å². The fraction of sp³-hybridized carbons (Fsp3) is 0.429. The van der Waals surface area contributed by atoms with E-state index in [4.69, 9.17) is 0 Å². The van der Waals surface area contributed by atoms with Gasteiger partial charge in [-0.15, -0.1) is 5.10 Å². The van der Waals surface area contributed by atoms with E-state index in [0.717, 1.165) is 12.1 Å². The van der Waals surface area contributed by atoms with Crippen molar-refractivity contribution in [2.75, 3.05) is 5.75 Å². The van der Waals surface area contributed by atoms with E-state index in [9.17, 15) is 4.79 Å². The first-order valence-electron chi connectivity index (χ1n) is 6.90. The molecule has 0 bridgehead atoms. The summed E-state index contributed by atoms with van der Waals surface area (Å²) in [5, 5.41) is 15.2. The van der Waals surface area contributed by atoms with Crippen molar-refractivity contribution in [3.63, 3.8) is 0 Å². The third-order valence-electron chi connectivity index (χ3n) is 2.82. The van der Waals surface area contributed by atoms with Gasteiger partial charge < -0.3 is 5.32 Å². The SMILES string of the molecule is CCc1ccccc1-n1nnnc1SCC(=O)NC(C)C. The Bertz CT molecular complexity index is 611. The first kappa shape index (κ1) is 15.5. The largest absolute Gasteiger partial charge is 0.353 e. The van der Waals surface area contributed by atoms with Crippen molar-refractivity contribution in [2.24, 2.45) is 0 Å². The molecule has 0 atom stereocenters. The summed E-state index contributed by atoms with van der Waals surface area (Å²) >= 11 is 1.33. The van der Waals surface area contributed by atoms with Crippen LogP contribution in [0.5, 0.6) is 0 Å². The number of amides is 1. The fourth-order valence-electron chi connectivity index (χ4n) is 1.93. The van der Waals surface area contributed by atoms with Crippen LogP contribution >= 0.6 is 11.8 Å².